The number of nitrogens with one attached hydrogen (secondary N) is 3. The second-order valence-electron chi connectivity index (χ2n) is 5.31. The van der Waals surface area contributed by atoms with Crippen molar-refractivity contribution < 1.29 is 14.3 Å². The van der Waals surface area contributed by atoms with E-state index < -0.39 is 0 Å². The van der Waals surface area contributed by atoms with E-state index in [-0.39, 0.29) is 30.3 Å². The van der Waals surface area contributed by atoms with E-state index in [0.717, 1.165) is 13.0 Å². The average Bonchev–Trinajstić information content (AvgIpc) is 2.54. The Kier molecular flexibility index (Phi) is 8.61. The van der Waals surface area contributed by atoms with Crippen molar-refractivity contribution >= 4 is 29.9 Å². The minimum Gasteiger partial charge on any atom is -0.378 e. The molecule has 0 radical (unpaired) electrons. The van der Waals surface area contributed by atoms with Gasteiger partial charge in [-0.2, -0.15) is 0 Å². The third-order valence-corrected chi connectivity index (χ3v) is 3.40. The maximum absolute atomic E-state index is 12.0. The van der Waals surface area contributed by atoms with E-state index in [0.29, 0.717) is 37.4 Å². The minimum absolute atomic E-state index is 0. The zero-order valence-corrected chi connectivity index (χ0v) is 14.1. The first-order valence-electron chi connectivity index (χ1n) is 7.68. The summed E-state index contributed by atoms with van der Waals surface area (Å²) in [5.74, 6) is -0.158. The van der Waals surface area contributed by atoms with E-state index in [9.17, 15) is 9.59 Å². The van der Waals surface area contributed by atoms with Crippen LogP contribution in [-0.2, 0) is 9.53 Å². The van der Waals surface area contributed by atoms with E-state index in [1.54, 1.807) is 24.3 Å². The van der Waals surface area contributed by atoms with Crippen LogP contribution < -0.4 is 16.0 Å². The Morgan fingerprint density at radius 1 is 1.30 bits per heavy atom. The van der Waals surface area contributed by atoms with Crippen LogP contribution >= 0.6 is 12.4 Å². The second-order valence-corrected chi connectivity index (χ2v) is 5.31. The van der Waals surface area contributed by atoms with Crippen LogP contribution in [0, 0.1) is 0 Å². The molecule has 2 amide bonds. The molecule has 6 nitrogen and oxygen atoms in total. The molecular weight excluding hydrogens is 318 g/mol. The molecule has 1 aliphatic heterocycles. The predicted molar refractivity (Wildman–Crippen MR) is 92.2 cm³/mol. The molecule has 0 spiro atoms. The van der Waals surface area contributed by atoms with E-state index in [2.05, 4.69) is 16.0 Å². The third kappa shape index (κ3) is 6.56. The quantitative estimate of drug-likeness (QED) is 0.733. The Labute approximate surface area is 142 Å². The van der Waals surface area contributed by atoms with Gasteiger partial charge in [-0.15, -0.1) is 12.4 Å². The summed E-state index contributed by atoms with van der Waals surface area (Å²) in [6.45, 7) is 4.70. The summed E-state index contributed by atoms with van der Waals surface area (Å²) in [7, 11) is 0. The van der Waals surface area contributed by atoms with Crippen LogP contribution in [0.5, 0.6) is 0 Å². The topological polar surface area (TPSA) is 79.5 Å². The molecule has 0 saturated carbocycles. The smallest absolute Gasteiger partial charge is 0.251 e. The van der Waals surface area contributed by atoms with Crippen molar-refractivity contribution in [2.75, 3.05) is 31.6 Å². The molecule has 128 valence electrons. The van der Waals surface area contributed by atoms with Crippen molar-refractivity contribution in [3.05, 3.63) is 29.8 Å². The first-order valence-corrected chi connectivity index (χ1v) is 7.68. The van der Waals surface area contributed by atoms with Crippen LogP contribution in [0.15, 0.2) is 24.3 Å². The van der Waals surface area contributed by atoms with Gasteiger partial charge in [-0.3, -0.25) is 9.59 Å². The van der Waals surface area contributed by atoms with Gasteiger partial charge < -0.3 is 20.7 Å². The number of hydrogen-bond acceptors (Lipinski definition) is 4. The fraction of sp³-hybridized carbons (Fsp3) is 0.500. The van der Waals surface area contributed by atoms with Gasteiger partial charge in [-0.1, -0.05) is 6.92 Å². The van der Waals surface area contributed by atoms with Gasteiger partial charge in [0.05, 0.1) is 13.2 Å². The summed E-state index contributed by atoms with van der Waals surface area (Å²) in [5.41, 5.74) is 1.28. The number of hydrogen-bond donors (Lipinski definition) is 3. The molecule has 1 heterocycles. The molecule has 23 heavy (non-hydrogen) atoms. The number of benzene rings is 1. The number of rotatable bonds is 6. The monoisotopic (exact) mass is 341 g/mol. The number of morpholine rings is 1. The molecule has 1 aliphatic rings. The van der Waals surface area contributed by atoms with Crippen LogP contribution in [0.1, 0.15) is 30.1 Å². The molecule has 0 aromatic heterocycles. The van der Waals surface area contributed by atoms with Crippen LogP contribution in [0.2, 0.25) is 0 Å². The number of ether oxygens (including phenoxy) is 1. The van der Waals surface area contributed by atoms with Crippen LogP contribution in [-0.4, -0.2) is 44.2 Å². The number of anilines is 1. The maximum atomic E-state index is 12.0. The van der Waals surface area contributed by atoms with Crippen LogP contribution in [0.3, 0.4) is 0 Å². The highest BCUT2D eigenvalue weighted by Crippen LogP contribution is 2.11. The standard InChI is InChI=1S/C16H23N3O3.ClH/c1-2-7-18-16(21)12-3-5-13(6-4-12)19-15(20)10-14-11-22-9-8-17-14;/h3-6,14,17H,2,7-11H2,1H3,(H,18,21)(H,19,20);1H. The highest BCUT2D eigenvalue weighted by molar-refractivity contribution is 5.95. The Morgan fingerprint density at radius 3 is 2.65 bits per heavy atom. The Hall–Kier alpha value is -1.63. The van der Waals surface area contributed by atoms with Crippen molar-refractivity contribution in [2.24, 2.45) is 0 Å². The molecule has 1 aromatic carbocycles. The lowest BCUT2D eigenvalue weighted by atomic mass is 10.1. The van der Waals surface area contributed by atoms with Gasteiger partial charge in [0.1, 0.15) is 0 Å². The lowest BCUT2D eigenvalue weighted by molar-refractivity contribution is -0.117. The Balaban J connectivity index is 0.00000264. The minimum atomic E-state index is -0.0942. The van der Waals surface area contributed by atoms with Crippen molar-refractivity contribution in [1.29, 1.82) is 0 Å². The summed E-state index contributed by atoms with van der Waals surface area (Å²) in [6.07, 6.45) is 1.28. The molecule has 7 heteroatoms. The van der Waals surface area contributed by atoms with Gasteiger partial charge in [0.15, 0.2) is 0 Å². The molecule has 3 N–H and O–H groups in total. The highest BCUT2D eigenvalue weighted by atomic mass is 35.5. The maximum Gasteiger partial charge on any atom is 0.251 e. The molecule has 1 aromatic rings. The van der Waals surface area contributed by atoms with E-state index >= 15 is 0 Å². The average molecular weight is 342 g/mol. The molecule has 2 rings (SSSR count). The largest absolute Gasteiger partial charge is 0.378 e. The SMILES string of the molecule is CCCNC(=O)c1ccc(NC(=O)CC2COCCN2)cc1.Cl. The molecule has 1 fully saturated rings. The van der Waals surface area contributed by atoms with Crippen LogP contribution in [0.4, 0.5) is 5.69 Å². The molecule has 1 saturated heterocycles. The Bertz CT molecular complexity index is 502. The molecule has 0 aliphatic carbocycles. The summed E-state index contributed by atoms with van der Waals surface area (Å²) >= 11 is 0. The van der Waals surface area contributed by atoms with Gasteiger partial charge in [0.25, 0.3) is 5.91 Å². The number of carbonyl (C=O) groups excluding carboxylic acids is 2. The fourth-order valence-electron chi connectivity index (χ4n) is 2.23. The molecular formula is C16H24ClN3O3. The van der Waals surface area contributed by atoms with E-state index in [1.807, 2.05) is 6.92 Å². The van der Waals surface area contributed by atoms with Gasteiger partial charge in [-0.05, 0) is 30.7 Å². The van der Waals surface area contributed by atoms with Crippen molar-refractivity contribution in [1.82, 2.24) is 10.6 Å². The zero-order valence-electron chi connectivity index (χ0n) is 13.3. The summed E-state index contributed by atoms with van der Waals surface area (Å²) in [6, 6.07) is 6.96. The number of amides is 2. The van der Waals surface area contributed by atoms with Crippen molar-refractivity contribution in [3.63, 3.8) is 0 Å². The normalized spacial score (nSPS) is 17.0. The second kappa shape index (κ2) is 10.2. The zero-order chi connectivity index (χ0) is 15.8. The third-order valence-electron chi connectivity index (χ3n) is 3.40. The van der Waals surface area contributed by atoms with Crippen molar-refractivity contribution in [3.8, 4) is 0 Å². The molecule has 1 unspecified atom stereocenters. The lowest BCUT2D eigenvalue weighted by Crippen LogP contribution is -2.43. The summed E-state index contributed by atoms with van der Waals surface area (Å²) < 4.78 is 5.32. The molecule has 0 bridgehead atoms. The van der Waals surface area contributed by atoms with Gasteiger partial charge >= 0.3 is 0 Å². The lowest BCUT2D eigenvalue weighted by Gasteiger charge is -2.23. The van der Waals surface area contributed by atoms with Crippen LogP contribution in [0.25, 0.3) is 0 Å². The number of halogens is 1. The van der Waals surface area contributed by atoms with Gasteiger partial charge in [0, 0.05) is 36.8 Å². The first kappa shape index (κ1) is 19.4. The fourth-order valence-corrected chi connectivity index (χ4v) is 2.23. The predicted octanol–water partition coefficient (Wildman–Crippen LogP) is 1.57. The Morgan fingerprint density at radius 2 is 2.04 bits per heavy atom. The number of carbonyl (C=O) groups is 2. The molecule has 1 atom stereocenters. The van der Waals surface area contributed by atoms with E-state index in [1.165, 1.54) is 0 Å². The highest BCUT2D eigenvalue weighted by Gasteiger charge is 2.16. The van der Waals surface area contributed by atoms with E-state index in [4.69, 9.17) is 4.74 Å². The van der Waals surface area contributed by atoms with Crippen molar-refractivity contribution in [2.45, 2.75) is 25.8 Å². The summed E-state index contributed by atoms with van der Waals surface area (Å²) in [5, 5.41) is 8.89. The first-order chi connectivity index (χ1) is 10.7. The van der Waals surface area contributed by atoms with Gasteiger partial charge in [-0.25, -0.2) is 0 Å². The summed E-state index contributed by atoms with van der Waals surface area (Å²) in [4.78, 5) is 23.7. The van der Waals surface area contributed by atoms with Gasteiger partial charge in [0.2, 0.25) is 5.91 Å².